The normalized spacial score (nSPS) is 15.9. The Morgan fingerprint density at radius 3 is 2.66 bits per heavy atom. The molecule has 2 heterocycles. The molecule has 6 heteroatoms. The second kappa shape index (κ2) is 10.5. The quantitative estimate of drug-likeness (QED) is 0.348. The van der Waals surface area contributed by atoms with Crippen LogP contribution in [0.4, 0.5) is 0 Å². The summed E-state index contributed by atoms with van der Waals surface area (Å²) in [6, 6.07) is 22.7. The van der Waals surface area contributed by atoms with Gasteiger partial charge in [0, 0.05) is 17.4 Å². The minimum absolute atomic E-state index is 0.198. The van der Waals surface area contributed by atoms with Crippen LogP contribution in [-0.2, 0) is 4.74 Å². The van der Waals surface area contributed by atoms with Gasteiger partial charge in [-0.05, 0) is 73.3 Å². The first-order valence-corrected chi connectivity index (χ1v) is 12.4. The molecular weight excluding hydrogens is 440 g/mol. The average molecular weight is 473 g/mol. The predicted molar refractivity (Wildman–Crippen MR) is 138 cm³/mol. The van der Waals surface area contributed by atoms with Crippen LogP contribution in [0.2, 0.25) is 0 Å². The van der Waals surface area contributed by atoms with Crippen molar-refractivity contribution in [2.24, 2.45) is 0 Å². The van der Waals surface area contributed by atoms with Crippen molar-refractivity contribution >= 4 is 27.6 Å². The van der Waals surface area contributed by atoms with Crippen LogP contribution in [-0.4, -0.2) is 59.9 Å². The number of nitrogens with zero attached hydrogens (tertiary/aromatic N) is 1. The van der Waals surface area contributed by atoms with Gasteiger partial charge in [-0.1, -0.05) is 48.5 Å². The van der Waals surface area contributed by atoms with E-state index in [1.807, 2.05) is 18.2 Å². The van der Waals surface area contributed by atoms with E-state index in [-0.39, 0.29) is 12.6 Å². The highest BCUT2D eigenvalue weighted by Crippen LogP contribution is 2.31. The molecule has 3 aromatic carbocycles. The summed E-state index contributed by atoms with van der Waals surface area (Å²) in [5, 5.41) is 14.0. The Hall–Kier alpha value is -3.35. The van der Waals surface area contributed by atoms with E-state index in [2.05, 4.69) is 52.3 Å². The number of nitrogens with one attached hydrogen (secondary N) is 1. The highest BCUT2D eigenvalue weighted by Gasteiger charge is 2.23. The smallest absolute Gasteiger partial charge is 0.354 e. The van der Waals surface area contributed by atoms with Crippen LogP contribution >= 0.6 is 0 Å². The summed E-state index contributed by atoms with van der Waals surface area (Å²) in [5.41, 5.74) is 2.61. The minimum Gasteiger partial charge on any atom is -0.490 e. The topological polar surface area (TPSA) is 74.8 Å². The molecule has 0 aliphatic carbocycles. The number of piperidine rings is 1. The van der Waals surface area contributed by atoms with Crippen LogP contribution in [0.25, 0.3) is 21.7 Å². The zero-order valence-corrected chi connectivity index (χ0v) is 20.1. The molecule has 1 fully saturated rings. The molecule has 1 saturated heterocycles. The summed E-state index contributed by atoms with van der Waals surface area (Å²) in [5.74, 6) is 0.814. The number of H-pyrrole nitrogens is 1. The summed E-state index contributed by atoms with van der Waals surface area (Å²) < 4.78 is 11.0. The maximum Gasteiger partial charge on any atom is 0.354 e. The van der Waals surface area contributed by atoms with Crippen LogP contribution in [0.1, 0.15) is 41.7 Å². The molecule has 0 bridgehead atoms. The van der Waals surface area contributed by atoms with Crippen molar-refractivity contribution in [3.05, 3.63) is 78.0 Å². The number of esters is 1. The average Bonchev–Trinajstić information content (AvgIpc) is 3.33. The van der Waals surface area contributed by atoms with Gasteiger partial charge in [-0.2, -0.15) is 0 Å². The van der Waals surface area contributed by atoms with Crippen molar-refractivity contribution in [3.63, 3.8) is 0 Å². The molecule has 1 aliphatic rings. The van der Waals surface area contributed by atoms with Gasteiger partial charge in [0.2, 0.25) is 0 Å². The first kappa shape index (κ1) is 23.4. The number of ether oxygens (including phenoxy) is 2. The fourth-order valence-corrected chi connectivity index (χ4v) is 5.02. The minimum atomic E-state index is -0.592. The number of carbonyl (C=O) groups is 1. The molecule has 1 atom stereocenters. The molecule has 4 aromatic rings. The lowest BCUT2D eigenvalue weighted by atomic mass is 9.88. The van der Waals surface area contributed by atoms with Crippen molar-refractivity contribution < 1.29 is 19.4 Å². The van der Waals surface area contributed by atoms with Gasteiger partial charge in [-0.3, -0.25) is 0 Å². The van der Waals surface area contributed by atoms with E-state index in [1.165, 1.54) is 16.3 Å². The van der Waals surface area contributed by atoms with Gasteiger partial charge in [-0.25, -0.2) is 4.79 Å². The number of hydrogen-bond donors (Lipinski definition) is 2. The second-order valence-corrected chi connectivity index (χ2v) is 9.27. The molecule has 35 heavy (non-hydrogen) atoms. The van der Waals surface area contributed by atoms with Crippen molar-refractivity contribution in [2.45, 2.75) is 31.8 Å². The molecule has 1 aromatic heterocycles. The second-order valence-electron chi connectivity index (χ2n) is 9.27. The lowest BCUT2D eigenvalue weighted by molar-refractivity contribution is 0.0520. The molecule has 0 radical (unpaired) electrons. The number of hydrogen-bond acceptors (Lipinski definition) is 5. The third-order valence-electron chi connectivity index (χ3n) is 6.85. The van der Waals surface area contributed by atoms with Crippen LogP contribution in [0.3, 0.4) is 0 Å². The largest absolute Gasteiger partial charge is 0.490 e. The van der Waals surface area contributed by atoms with Crippen molar-refractivity contribution in [3.8, 4) is 5.75 Å². The summed E-state index contributed by atoms with van der Waals surface area (Å²) >= 11 is 0. The van der Waals surface area contributed by atoms with Crippen LogP contribution in [0.15, 0.2) is 66.7 Å². The van der Waals surface area contributed by atoms with E-state index in [0.29, 0.717) is 30.5 Å². The van der Waals surface area contributed by atoms with E-state index in [4.69, 9.17) is 9.47 Å². The first-order valence-electron chi connectivity index (χ1n) is 12.4. The number of aromatic nitrogens is 1. The SMILES string of the molecule is CCOC(=O)c1cc2c(OC[C@@H](O)CN3CCC(c4ccc5ccccc5c4)CC3)cccc2[nH]1. The number of aliphatic hydroxyl groups excluding tert-OH is 1. The molecule has 0 saturated carbocycles. The molecule has 6 nitrogen and oxygen atoms in total. The number of fused-ring (bicyclic) bond motifs is 2. The Bertz CT molecular complexity index is 1310. The van der Waals surface area contributed by atoms with Crippen molar-refractivity contribution in [1.29, 1.82) is 0 Å². The summed E-state index contributed by atoms with van der Waals surface area (Å²) in [6.07, 6.45) is 1.59. The Kier molecular flexibility index (Phi) is 7.02. The molecule has 0 spiro atoms. The number of carbonyl (C=O) groups excluding carboxylic acids is 1. The van der Waals surface area contributed by atoms with Crippen molar-refractivity contribution in [1.82, 2.24) is 9.88 Å². The third-order valence-corrected chi connectivity index (χ3v) is 6.85. The number of benzene rings is 3. The van der Waals surface area contributed by atoms with E-state index in [9.17, 15) is 9.90 Å². The fraction of sp³-hybridized carbons (Fsp3) is 0.345. The standard InChI is InChI=1S/C29H32N2O4/c1-2-34-29(33)27-17-25-26(30-27)8-5-9-28(25)35-19-24(32)18-31-14-12-21(13-15-31)23-11-10-20-6-3-4-7-22(20)16-23/h3-11,16-17,21,24,30,32H,2,12-15,18-19H2,1H3/t24-/m0/s1. The van der Waals surface area contributed by atoms with Gasteiger partial charge >= 0.3 is 5.97 Å². The highest BCUT2D eigenvalue weighted by molar-refractivity contribution is 5.97. The zero-order valence-electron chi connectivity index (χ0n) is 20.1. The lowest BCUT2D eigenvalue weighted by Crippen LogP contribution is -2.40. The molecule has 182 valence electrons. The number of β-amino-alcohol motifs (C(OH)–C–C–N with tert-alkyl or cyclic N) is 1. The Balaban J connectivity index is 1.14. The van der Waals surface area contributed by atoms with E-state index < -0.39 is 6.10 Å². The van der Waals surface area contributed by atoms with Gasteiger partial charge in [0.15, 0.2) is 0 Å². The van der Waals surface area contributed by atoms with Crippen LogP contribution in [0, 0.1) is 0 Å². The molecular formula is C29H32N2O4. The molecule has 0 amide bonds. The Labute approximate surface area is 205 Å². The van der Waals surface area contributed by atoms with Gasteiger partial charge in [0.05, 0.1) is 6.61 Å². The Morgan fingerprint density at radius 2 is 1.86 bits per heavy atom. The zero-order chi connectivity index (χ0) is 24.2. The van der Waals surface area contributed by atoms with Crippen LogP contribution < -0.4 is 4.74 Å². The Morgan fingerprint density at radius 1 is 1.06 bits per heavy atom. The lowest BCUT2D eigenvalue weighted by Gasteiger charge is -2.33. The number of aromatic amines is 1. The fourth-order valence-electron chi connectivity index (χ4n) is 5.02. The van der Waals surface area contributed by atoms with E-state index >= 15 is 0 Å². The van der Waals surface area contributed by atoms with E-state index in [1.54, 1.807) is 13.0 Å². The molecule has 5 rings (SSSR count). The van der Waals surface area contributed by atoms with Crippen molar-refractivity contribution in [2.75, 3.05) is 32.8 Å². The molecule has 2 N–H and O–H groups in total. The van der Waals surface area contributed by atoms with Gasteiger partial charge < -0.3 is 24.5 Å². The number of aliphatic hydroxyl groups is 1. The highest BCUT2D eigenvalue weighted by atomic mass is 16.5. The van der Waals surface area contributed by atoms with Gasteiger partial charge in [-0.15, -0.1) is 0 Å². The van der Waals surface area contributed by atoms with Gasteiger partial charge in [0.25, 0.3) is 0 Å². The summed E-state index contributed by atoms with van der Waals surface area (Å²) in [7, 11) is 0. The molecule has 1 aliphatic heterocycles. The van der Waals surface area contributed by atoms with Crippen LogP contribution in [0.5, 0.6) is 5.75 Å². The maximum atomic E-state index is 12.0. The number of rotatable bonds is 8. The number of likely N-dealkylation sites (tertiary alicyclic amines) is 1. The first-order chi connectivity index (χ1) is 17.1. The summed E-state index contributed by atoms with van der Waals surface area (Å²) in [4.78, 5) is 17.4. The third kappa shape index (κ3) is 5.34. The summed E-state index contributed by atoms with van der Waals surface area (Å²) in [6.45, 7) is 4.81. The van der Waals surface area contributed by atoms with E-state index in [0.717, 1.165) is 36.8 Å². The predicted octanol–water partition coefficient (Wildman–Crippen LogP) is 5.12. The maximum absolute atomic E-state index is 12.0. The van der Waals surface area contributed by atoms with Gasteiger partial charge in [0.1, 0.15) is 24.2 Å². The monoisotopic (exact) mass is 472 g/mol. The molecule has 0 unspecified atom stereocenters.